The van der Waals surface area contributed by atoms with Crippen LogP contribution in [0.2, 0.25) is 10.0 Å². The minimum absolute atomic E-state index is 0.0475. The second-order valence-corrected chi connectivity index (χ2v) is 11.3. The van der Waals surface area contributed by atoms with Gasteiger partial charge in [0.25, 0.3) is 21.8 Å². The highest BCUT2D eigenvalue weighted by molar-refractivity contribution is 7.89. The number of halogens is 2. The Hall–Kier alpha value is -3.65. The Morgan fingerprint density at radius 2 is 1.70 bits per heavy atom. The van der Waals surface area contributed by atoms with Gasteiger partial charge in [0.15, 0.2) is 12.3 Å². The van der Waals surface area contributed by atoms with Gasteiger partial charge in [0.05, 0.1) is 39.5 Å². The fourth-order valence-electron chi connectivity index (χ4n) is 3.87. The lowest BCUT2D eigenvalue weighted by molar-refractivity contribution is -0.142. The third-order valence-electron chi connectivity index (χ3n) is 5.97. The molecule has 3 aromatic rings. The van der Waals surface area contributed by atoms with Gasteiger partial charge in [-0.05, 0) is 62.3 Å². The molecule has 0 bridgehead atoms. The van der Waals surface area contributed by atoms with E-state index >= 15 is 0 Å². The first-order valence-electron chi connectivity index (χ1n) is 12.0. The number of ether oxygens (including phenoxy) is 2. The number of carbonyl (C=O) groups excluding carboxylic acids is 3. The number of rotatable bonds is 9. The Bertz CT molecular complexity index is 1500. The van der Waals surface area contributed by atoms with Crippen molar-refractivity contribution in [3.05, 3.63) is 70.0 Å². The molecule has 2 heterocycles. The fraction of sp³-hybridized carbons (Fsp3) is 0.280. The van der Waals surface area contributed by atoms with Gasteiger partial charge in [-0.2, -0.15) is 17.6 Å². The van der Waals surface area contributed by atoms with Gasteiger partial charge >= 0.3 is 5.97 Å². The Balaban J connectivity index is 1.65. The van der Waals surface area contributed by atoms with E-state index in [1.54, 1.807) is 6.07 Å². The van der Waals surface area contributed by atoms with Crippen molar-refractivity contribution < 1.29 is 32.3 Å². The summed E-state index contributed by atoms with van der Waals surface area (Å²) in [7, 11) is -3.10. The van der Waals surface area contributed by atoms with E-state index in [0.29, 0.717) is 30.0 Å². The highest BCUT2D eigenvalue weighted by atomic mass is 35.5. The van der Waals surface area contributed by atoms with E-state index in [1.165, 1.54) is 43.5 Å². The molecule has 2 aromatic carbocycles. The summed E-state index contributed by atoms with van der Waals surface area (Å²) < 4.78 is 37.1. The predicted octanol–water partition coefficient (Wildman–Crippen LogP) is 2.71. The van der Waals surface area contributed by atoms with Crippen LogP contribution < -0.4 is 20.7 Å². The lowest BCUT2D eigenvalue weighted by Crippen LogP contribution is -2.43. The summed E-state index contributed by atoms with van der Waals surface area (Å²) in [6, 6.07) is 9.56. The number of benzene rings is 2. The Morgan fingerprint density at radius 3 is 2.33 bits per heavy atom. The summed E-state index contributed by atoms with van der Waals surface area (Å²) in [6.07, 6.45) is 2.37. The maximum atomic E-state index is 13.4. The largest absolute Gasteiger partial charge is 0.482 e. The predicted molar refractivity (Wildman–Crippen MR) is 147 cm³/mol. The van der Waals surface area contributed by atoms with Crippen molar-refractivity contribution in [3.63, 3.8) is 0 Å². The van der Waals surface area contributed by atoms with Crippen LogP contribution in [-0.4, -0.2) is 68.2 Å². The van der Waals surface area contributed by atoms with Crippen LogP contribution in [-0.2, 0) is 19.6 Å². The van der Waals surface area contributed by atoms with E-state index in [4.69, 9.17) is 27.9 Å². The third kappa shape index (κ3) is 6.73. The maximum absolute atomic E-state index is 13.4. The van der Waals surface area contributed by atoms with Crippen molar-refractivity contribution in [1.29, 1.82) is 0 Å². The average molecular weight is 610 g/mol. The summed E-state index contributed by atoms with van der Waals surface area (Å²) in [6.45, 7) is 1.07. The normalized spacial score (nSPS) is 13.9. The average Bonchev–Trinajstić information content (AvgIpc) is 3.37. The minimum Gasteiger partial charge on any atom is -0.482 e. The van der Waals surface area contributed by atoms with Gasteiger partial charge in [-0.1, -0.05) is 29.3 Å². The van der Waals surface area contributed by atoms with Gasteiger partial charge in [-0.15, -0.1) is 0 Å². The molecule has 212 valence electrons. The Labute approximate surface area is 240 Å². The van der Waals surface area contributed by atoms with Crippen LogP contribution in [0.1, 0.15) is 33.7 Å². The van der Waals surface area contributed by atoms with Gasteiger partial charge in [0.2, 0.25) is 0 Å². The lowest BCUT2D eigenvalue weighted by atomic mass is 10.1. The standard InChI is InChI=1S/C25H25Cl2N5O7S/c1-38-21(33)14-39-16-5-7-17(8-6-16)40(36,37)32-13-20(30-24(34)22-18(26)3-2-4-19(22)27)23(31-32)25(35)29-15-9-11-28-12-10-15/h2-8,13,15,28H,9-12,14H2,1H3,(H,29,35)(H,30,34). The Kier molecular flexibility index (Phi) is 9.30. The van der Waals surface area contributed by atoms with Crippen LogP contribution >= 0.6 is 23.2 Å². The lowest BCUT2D eigenvalue weighted by Gasteiger charge is -2.23. The first-order valence-corrected chi connectivity index (χ1v) is 14.2. The first-order chi connectivity index (χ1) is 19.1. The number of nitrogens with zero attached hydrogens (tertiary/aromatic N) is 2. The highest BCUT2D eigenvalue weighted by Gasteiger charge is 2.28. The molecule has 2 amide bonds. The number of anilines is 1. The Morgan fingerprint density at radius 1 is 1.05 bits per heavy atom. The summed E-state index contributed by atoms with van der Waals surface area (Å²) in [4.78, 5) is 37.4. The van der Waals surface area contributed by atoms with Gasteiger partial charge < -0.3 is 25.4 Å². The summed E-state index contributed by atoms with van der Waals surface area (Å²) in [5, 5.41) is 12.7. The number of carbonyl (C=O) groups is 3. The quantitative estimate of drug-likeness (QED) is 0.310. The number of methoxy groups -OCH3 is 1. The van der Waals surface area contributed by atoms with Crippen LogP contribution in [0.15, 0.2) is 53.6 Å². The maximum Gasteiger partial charge on any atom is 0.343 e. The molecule has 3 N–H and O–H groups in total. The first kappa shape index (κ1) is 29.3. The van der Waals surface area contributed by atoms with Gasteiger partial charge in [-0.25, -0.2) is 4.79 Å². The van der Waals surface area contributed by atoms with Crippen molar-refractivity contribution in [2.24, 2.45) is 0 Å². The smallest absolute Gasteiger partial charge is 0.343 e. The zero-order chi connectivity index (χ0) is 28.9. The number of piperidine rings is 1. The van der Waals surface area contributed by atoms with E-state index in [1.807, 2.05) is 0 Å². The van der Waals surface area contributed by atoms with Crippen molar-refractivity contribution >= 4 is 56.7 Å². The van der Waals surface area contributed by atoms with Crippen molar-refractivity contribution in [2.45, 2.75) is 23.8 Å². The van der Waals surface area contributed by atoms with Crippen LogP contribution in [0.4, 0.5) is 5.69 Å². The molecule has 0 spiro atoms. The molecule has 0 unspecified atom stereocenters. The number of amides is 2. The topological polar surface area (TPSA) is 158 Å². The van der Waals surface area contributed by atoms with Crippen molar-refractivity contribution in [2.75, 3.05) is 32.1 Å². The fourth-order valence-corrected chi connectivity index (χ4v) is 5.57. The summed E-state index contributed by atoms with van der Waals surface area (Å²) in [5.74, 6) is -1.78. The SMILES string of the molecule is COC(=O)COc1ccc(S(=O)(=O)n2cc(NC(=O)c3c(Cl)cccc3Cl)c(C(=O)NC3CCNCC3)n2)cc1. The molecule has 4 rings (SSSR count). The zero-order valence-corrected chi connectivity index (χ0v) is 23.5. The van der Waals surface area contributed by atoms with Gasteiger partial charge in [-0.3, -0.25) is 9.59 Å². The van der Waals surface area contributed by atoms with E-state index < -0.39 is 27.8 Å². The zero-order valence-electron chi connectivity index (χ0n) is 21.1. The van der Waals surface area contributed by atoms with Crippen LogP contribution in [0.3, 0.4) is 0 Å². The highest BCUT2D eigenvalue weighted by Crippen LogP contribution is 2.27. The number of esters is 1. The molecule has 1 aromatic heterocycles. The van der Waals surface area contributed by atoms with E-state index in [2.05, 4.69) is 25.8 Å². The van der Waals surface area contributed by atoms with Crippen molar-refractivity contribution in [3.8, 4) is 5.75 Å². The number of hydrogen-bond donors (Lipinski definition) is 3. The molecular formula is C25H25Cl2N5O7S. The molecule has 0 atom stereocenters. The second-order valence-electron chi connectivity index (χ2n) is 8.65. The summed E-state index contributed by atoms with van der Waals surface area (Å²) >= 11 is 12.3. The molecule has 1 aliphatic rings. The molecule has 1 fully saturated rings. The molecule has 0 aliphatic carbocycles. The number of aromatic nitrogens is 2. The number of nitrogens with one attached hydrogen (secondary N) is 3. The van der Waals surface area contributed by atoms with Crippen molar-refractivity contribution in [1.82, 2.24) is 19.8 Å². The second kappa shape index (κ2) is 12.7. The van der Waals surface area contributed by atoms with E-state index in [9.17, 15) is 22.8 Å². The molecule has 1 aliphatic heterocycles. The third-order valence-corrected chi connectivity index (χ3v) is 8.15. The molecule has 15 heteroatoms. The number of hydrogen-bond acceptors (Lipinski definition) is 9. The van der Waals surface area contributed by atoms with E-state index in [0.717, 1.165) is 6.20 Å². The van der Waals surface area contributed by atoms with Crippen LogP contribution in [0.25, 0.3) is 0 Å². The molecule has 1 saturated heterocycles. The summed E-state index contributed by atoms with van der Waals surface area (Å²) in [5.41, 5.74) is -0.514. The monoisotopic (exact) mass is 609 g/mol. The van der Waals surface area contributed by atoms with Crippen LogP contribution in [0, 0.1) is 0 Å². The molecule has 0 radical (unpaired) electrons. The molecule has 12 nitrogen and oxygen atoms in total. The molecule has 0 saturated carbocycles. The molecular weight excluding hydrogens is 585 g/mol. The molecule has 40 heavy (non-hydrogen) atoms. The van der Waals surface area contributed by atoms with E-state index in [-0.39, 0.29) is 50.3 Å². The van der Waals surface area contributed by atoms with Gasteiger partial charge in [0.1, 0.15) is 5.75 Å². The minimum atomic E-state index is -4.31. The van der Waals surface area contributed by atoms with Gasteiger partial charge in [0, 0.05) is 6.04 Å². The van der Waals surface area contributed by atoms with Crippen LogP contribution in [0.5, 0.6) is 5.75 Å².